The van der Waals surface area contributed by atoms with Crippen molar-refractivity contribution in [2.24, 2.45) is 0 Å². The maximum Gasteiger partial charge on any atom is 0.171 e. The Balaban J connectivity index is 2.33. The van der Waals surface area contributed by atoms with E-state index in [1.54, 1.807) is 0 Å². The molecule has 0 amide bonds. The molecule has 2 radical (unpaired) electrons. The van der Waals surface area contributed by atoms with Crippen molar-refractivity contribution in [3.63, 3.8) is 0 Å². The number of rotatable bonds is 0. The van der Waals surface area contributed by atoms with Crippen LogP contribution in [-0.2, 0) is 0 Å². The molecule has 3 atom stereocenters. The Morgan fingerprint density at radius 2 is 2.00 bits per heavy atom. The summed E-state index contributed by atoms with van der Waals surface area (Å²) in [5, 5.41) is 0.841. The van der Waals surface area contributed by atoms with Gasteiger partial charge in [0.1, 0.15) is 0 Å². The van der Waals surface area contributed by atoms with Crippen LogP contribution in [0.4, 0.5) is 0 Å². The van der Waals surface area contributed by atoms with E-state index in [1.807, 2.05) is 0 Å². The monoisotopic (exact) mass is 222 g/mol. The van der Waals surface area contributed by atoms with Gasteiger partial charge in [-0.25, -0.2) is 0 Å². The lowest BCUT2D eigenvalue weighted by atomic mass is 9.61. The molecule has 1 saturated heterocycles. The lowest BCUT2D eigenvalue weighted by Crippen LogP contribution is -2.43. The van der Waals surface area contributed by atoms with E-state index < -0.39 is 0 Å². The Hall–Kier alpha value is -0.245. The first-order valence-electron chi connectivity index (χ1n) is 5.73. The molecule has 1 heterocycles. The molecule has 2 rings (SSSR count). The predicted molar refractivity (Wildman–Crippen MR) is 68.3 cm³/mol. The molecule has 2 fully saturated rings. The number of fused-ring (bicyclic) bond motifs is 1. The van der Waals surface area contributed by atoms with Crippen molar-refractivity contribution >= 4 is 25.2 Å². The lowest BCUT2D eigenvalue weighted by molar-refractivity contribution is 0.247. The van der Waals surface area contributed by atoms with Gasteiger partial charge >= 0.3 is 0 Å². The second-order valence-corrected chi connectivity index (χ2v) is 5.63. The molecular weight excluding hydrogens is 203 g/mol. The third kappa shape index (κ3) is 1.67. The fourth-order valence-corrected chi connectivity index (χ4v) is 3.47. The summed E-state index contributed by atoms with van der Waals surface area (Å²) >= 11 is 5.42. The standard InChI is InChI=1S/C11H19BN2S/c1-11(12)7-5-4-6-8-9(11)14(3)10(15)13(8)2/h8-9H,4-7H2,1-3H3. The summed E-state index contributed by atoms with van der Waals surface area (Å²) in [5.41, 5.74) is 0. The summed E-state index contributed by atoms with van der Waals surface area (Å²) in [4.78, 5) is 4.43. The fourth-order valence-electron chi connectivity index (χ4n) is 3.22. The van der Waals surface area contributed by atoms with E-state index >= 15 is 0 Å². The topological polar surface area (TPSA) is 6.48 Å². The van der Waals surface area contributed by atoms with E-state index in [1.165, 1.54) is 19.3 Å². The molecule has 4 heteroatoms. The van der Waals surface area contributed by atoms with Gasteiger partial charge < -0.3 is 9.80 Å². The molecule has 0 spiro atoms. The molecule has 1 saturated carbocycles. The van der Waals surface area contributed by atoms with Crippen molar-refractivity contribution in [3.05, 3.63) is 0 Å². The van der Waals surface area contributed by atoms with Gasteiger partial charge in [0.15, 0.2) is 5.11 Å². The average Bonchev–Trinajstić information content (AvgIpc) is 2.35. The lowest BCUT2D eigenvalue weighted by Gasteiger charge is -2.37. The van der Waals surface area contributed by atoms with Crippen LogP contribution in [0.25, 0.3) is 0 Å². The maximum absolute atomic E-state index is 6.45. The molecule has 0 bridgehead atoms. The van der Waals surface area contributed by atoms with E-state index in [2.05, 4.69) is 30.8 Å². The summed E-state index contributed by atoms with van der Waals surface area (Å²) in [6.07, 6.45) is 4.84. The number of likely N-dealkylation sites (N-methyl/N-ethyl adjacent to an activating group) is 2. The van der Waals surface area contributed by atoms with Crippen LogP contribution >= 0.6 is 12.2 Å². The number of nitrogens with zero attached hydrogens (tertiary/aromatic N) is 2. The molecule has 0 aromatic rings. The van der Waals surface area contributed by atoms with Crippen LogP contribution in [0, 0.1) is 0 Å². The second kappa shape index (κ2) is 3.65. The first-order chi connectivity index (χ1) is 6.95. The van der Waals surface area contributed by atoms with Gasteiger partial charge in [-0.05, 0) is 24.0 Å². The highest BCUT2D eigenvalue weighted by Crippen LogP contribution is 2.45. The van der Waals surface area contributed by atoms with Gasteiger partial charge in [-0.1, -0.05) is 26.2 Å². The normalized spacial score (nSPS) is 41.7. The van der Waals surface area contributed by atoms with Gasteiger partial charge in [-0.15, -0.1) is 0 Å². The predicted octanol–water partition coefficient (Wildman–Crippen LogP) is 1.81. The largest absolute Gasteiger partial charge is 0.347 e. The first kappa shape index (κ1) is 11.2. The molecule has 0 aromatic carbocycles. The molecule has 1 aliphatic heterocycles. The highest BCUT2D eigenvalue weighted by atomic mass is 32.1. The average molecular weight is 222 g/mol. The molecule has 2 nitrogen and oxygen atoms in total. The summed E-state index contributed by atoms with van der Waals surface area (Å²) in [6.45, 7) is 2.17. The summed E-state index contributed by atoms with van der Waals surface area (Å²) in [6, 6.07) is 0.900. The molecule has 1 aliphatic carbocycles. The smallest absolute Gasteiger partial charge is 0.171 e. The molecule has 2 aliphatic rings. The van der Waals surface area contributed by atoms with Gasteiger partial charge in [0.25, 0.3) is 0 Å². The van der Waals surface area contributed by atoms with Crippen molar-refractivity contribution in [1.29, 1.82) is 0 Å². The Morgan fingerprint density at radius 3 is 2.67 bits per heavy atom. The van der Waals surface area contributed by atoms with Gasteiger partial charge in [0.05, 0.1) is 13.9 Å². The third-order valence-electron chi connectivity index (χ3n) is 4.02. The van der Waals surface area contributed by atoms with Crippen LogP contribution in [0.5, 0.6) is 0 Å². The van der Waals surface area contributed by atoms with Gasteiger partial charge in [0.2, 0.25) is 0 Å². The quantitative estimate of drug-likeness (QED) is 0.456. The van der Waals surface area contributed by atoms with Crippen LogP contribution < -0.4 is 0 Å². The molecule has 0 N–H and O–H groups in total. The van der Waals surface area contributed by atoms with Crippen molar-refractivity contribution in [1.82, 2.24) is 9.80 Å². The van der Waals surface area contributed by atoms with Gasteiger partial charge in [-0.2, -0.15) is 0 Å². The zero-order valence-corrected chi connectivity index (χ0v) is 10.7. The number of thiocarbonyl (C=S) groups is 1. The molecular formula is C11H19BN2S. The van der Waals surface area contributed by atoms with E-state index in [4.69, 9.17) is 20.1 Å². The fraction of sp³-hybridized carbons (Fsp3) is 0.909. The van der Waals surface area contributed by atoms with E-state index in [-0.39, 0.29) is 5.31 Å². The Bertz CT molecular complexity index is 280. The van der Waals surface area contributed by atoms with Gasteiger partial charge in [0, 0.05) is 20.1 Å². The highest BCUT2D eigenvalue weighted by Gasteiger charge is 2.47. The summed E-state index contributed by atoms with van der Waals surface area (Å²) in [5.74, 6) is 0. The van der Waals surface area contributed by atoms with Crippen molar-refractivity contribution in [3.8, 4) is 0 Å². The van der Waals surface area contributed by atoms with E-state index in [9.17, 15) is 0 Å². The van der Waals surface area contributed by atoms with Crippen LogP contribution in [0.1, 0.15) is 32.6 Å². The van der Waals surface area contributed by atoms with E-state index in [0.717, 1.165) is 11.5 Å². The Kier molecular flexibility index (Phi) is 2.74. The molecule has 3 unspecified atom stereocenters. The van der Waals surface area contributed by atoms with Crippen LogP contribution in [0.2, 0.25) is 5.31 Å². The zero-order valence-electron chi connectivity index (χ0n) is 9.86. The molecule has 15 heavy (non-hydrogen) atoms. The second-order valence-electron chi connectivity index (χ2n) is 5.27. The summed E-state index contributed by atoms with van der Waals surface area (Å²) < 4.78 is 0. The maximum atomic E-state index is 6.45. The Labute approximate surface area is 99.4 Å². The van der Waals surface area contributed by atoms with E-state index in [0.29, 0.717) is 12.1 Å². The van der Waals surface area contributed by atoms with Crippen molar-refractivity contribution < 1.29 is 0 Å². The SMILES string of the molecule is [B]C1(C)CCCCC2C1N(C)C(=S)N2C. The van der Waals surface area contributed by atoms with Crippen molar-refractivity contribution in [2.45, 2.75) is 50.0 Å². The third-order valence-corrected chi connectivity index (χ3v) is 4.60. The summed E-state index contributed by atoms with van der Waals surface area (Å²) in [7, 11) is 10.6. The Morgan fingerprint density at radius 1 is 1.33 bits per heavy atom. The minimum absolute atomic E-state index is 0.106. The number of hydrogen-bond donors (Lipinski definition) is 0. The van der Waals surface area contributed by atoms with Crippen LogP contribution in [-0.4, -0.2) is 48.9 Å². The molecule has 82 valence electrons. The zero-order chi connectivity index (χ0) is 11.2. The minimum atomic E-state index is -0.106. The van der Waals surface area contributed by atoms with Crippen molar-refractivity contribution in [2.75, 3.05) is 14.1 Å². The van der Waals surface area contributed by atoms with Crippen LogP contribution in [0.15, 0.2) is 0 Å². The minimum Gasteiger partial charge on any atom is -0.347 e. The number of hydrogen-bond acceptors (Lipinski definition) is 1. The highest BCUT2D eigenvalue weighted by molar-refractivity contribution is 7.80. The molecule has 0 aromatic heterocycles. The van der Waals surface area contributed by atoms with Gasteiger partial charge in [-0.3, -0.25) is 0 Å². The first-order valence-corrected chi connectivity index (χ1v) is 6.14. The van der Waals surface area contributed by atoms with Crippen LogP contribution in [0.3, 0.4) is 0 Å².